The lowest BCUT2D eigenvalue weighted by Crippen LogP contribution is -2.31. The smallest absolute Gasteiger partial charge is 0.263 e. The van der Waals surface area contributed by atoms with Crippen molar-refractivity contribution in [1.82, 2.24) is 15.1 Å². The van der Waals surface area contributed by atoms with Gasteiger partial charge in [-0.05, 0) is 24.3 Å². The maximum absolute atomic E-state index is 12.4. The van der Waals surface area contributed by atoms with Crippen LogP contribution in [-0.4, -0.2) is 41.9 Å². The molecule has 1 aliphatic heterocycles. The molecular weight excluding hydrogens is 400 g/mol. The van der Waals surface area contributed by atoms with Gasteiger partial charge in [0.2, 0.25) is 5.13 Å². The minimum Gasteiger partial charge on any atom is -0.274 e. The molecule has 0 saturated carbocycles. The van der Waals surface area contributed by atoms with Gasteiger partial charge >= 0.3 is 0 Å². The minimum absolute atomic E-state index is 0.123. The van der Waals surface area contributed by atoms with E-state index in [0.29, 0.717) is 16.1 Å². The van der Waals surface area contributed by atoms with Gasteiger partial charge in [-0.3, -0.25) is 19.2 Å². The number of hydrogen-bond acceptors (Lipinski definition) is 7. The van der Waals surface area contributed by atoms with Gasteiger partial charge in [-0.1, -0.05) is 41.7 Å². The van der Waals surface area contributed by atoms with Crippen LogP contribution < -0.4 is 4.72 Å². The first kappa shape index (κ1) is 18.3. The molecule has 28 heavy (non-hydrogen) atoms. The molecule has 0 radical (unpaired) electrons. The van der Waals surface area contributed by atoms with E-state index < -0.39 is 10.0 Å². The van der Waals surface area contributed by atoms with Gasteiger partial charge in [0.1, 0.15) is 5.01 Å². The van der Waals surface area contributed by atoms with E-state index in [-0.39, 0.29) is 34.8 Å². The summed E-state index contributed by atoms with van der Waals surface area (Å²) in [6.45, 7) is 0.145. The molecule has 1 aliphatic rings. The Morgan fingerprint density at radius 3 is 2.14 bits per heavy atom. The SMILES string of the molecule is O=C1c2ccccc2C(=O)N1CCc1nnc(NS(=O)(=O)c2ccccc2)s1. The van der Waals surface area contributed by atoms with Crippen molar-refractivity contribution in [1.29, 1.82) is 0 Å². The van der Waals surface area contributed by atoms with Gasteiger partial charge in [-0.25, -0.2) is 8.42 Å². The minimum atomic E-state index is -3.75. The number of rotatable bonds is 6. The summed E-state index contributed by atoms with van der Waals surface area (Å²) >= 11 is 1.06. The highest BCUT2D eigenvalue weighted by Gasteiger charge is 2.34. The van der Waals surface area contributed by atoms with Gasteiger partial charge < -0.3 is 0 Å². The molecule has 1 aromatic heterocycles. The Labute approximate surface area is 164 Å². The summed E-state index contributed by atoms with van der Waals surface area (Å²) in [6.07, 6.45) is 0.288. The number of carbonyl (C=O) groups is 2. The van der Waals surface area contributed by atoms with Crippen molar-refractivity contribution in [3.63, 3.8) is 0 Å². The summed E-state index contributed by atoms with van der Waals surface area (Å²) in [5.41, 5.74) is 0.780. The van der Waals surface area contributed by atoms with Crippen LogP contribution in [-0.2, 0) is 16.4 Å². The van der Waals surface area contributed by atoms with Gasteiger partial charge in [0.05, 0.1) is 16.0 Å². The molecule has 0 atom stereocenters. The zero-order valence-corrected chi connectivity index (χ0v) is 16.0. The first-order valence-electron chi connectivity index (χ1n) is 8.31. The van der Waals surface area contributed by atoms with E-state index in [0.717, 1.165) is 11.3 Å². The van der Waals surface area contributed by atoms with Crippen molar-refractivity contribution in [2.45, 2.75) is 11.3 Å². The number of imide groups is 1. The Kier molecular flexibility index (Phi) is 4.65. The Morgan fingerprint density at radius 1 is 0.893 bits per heavy atom. The molecule has 0 bridgehead atoms. The highest BCUT2D eigenvalue weighted by atomic mass is 32.2. The monoisotopic (exact) mass is 414 g/mol. The van der Waals surface area contributed by atoms with Crippen molar-refractivity contribution in [3.8, 4) is 0 Å². The average molecular weight is 414 g/mol. The first-order valence-corrected chi connectivity index (χ1v) is 10.6. The maximum Gasteiger partial charge on any atom is 0.263 e. The van der Waals surface area contributed by atoms with Crippen molar-refractivity contribution >= 4 is 38.3 Å². The molecule has 142 valence electrons. The Morgan fingerprint density at radius 2 is 1.50 bits per heavy atom. The fourth-order valence-electron chi connectivity index (χ4n) is 2.82. The largest absolute Gasteiger partial charge is 0.274 e. The lowest BCUT2D eigenvalue weighted by atomic mass is 10.1. The Hall–Kier alpha value is -3.11. The normalized spacial score (nSPS) is 13.6. The van der Waals surface area contributed by atoms with E-state index in [1.165, 1.54) is 17.0 Å². The third-order valence-corrected chi connectivity index (χ3v) is 6.55. The number of anilines is 1. The third kappa shape index (κ3) is 3.39. The van der Waals surface area contributed by atoms with E-state index in [1.807, 2.05) is 0 Å². The van der Waals surface area contributed by atoms with Gasteiger partial charge in [-0.15, -0.1) is 10.2 Å². The topological polar surface area (TPSA) is 109 Å². The van der Waals surface area contributed by atoms with Crippen molar-refractivity contribution in [2.24, 2.45) is 0 Å². The third-order valence-electron chi connectivity index (χ3n) is 4.17. The highest BCUT2D eigenvalue weighted by Crippen LogP contribution is 2.24. The van der Waals surface area contributed by atoms with E-state index >= 15 is 0 Å². The van der Waals surface area contributed by atoms with Crippen LogP contribution >= 0.6 is 11.3 Å². The number of fused-ring (bicyclic) bond motifs is 1. The van der Waals surface area contributed by atoms with E-state index in [2.05, 4.69) is 14.9 Å². The Balaban J connectivity index is 1.42. The number of carbonyl (C=O) groups excluding carboxylic acids is 2. The van der Waals surface area contributed by atoms with Gasteiger partial charge in [0.15, 0.2) is 0 Å². The van der Waals surface area contributed by atoms with Crippen LogP contribution in [0.15, 0.2) is 59.5 Å². The number of nitrogens with one attached hydrogen (secondary N) is 1. The van der Waals surface area contributed by atoms with Crippen LogP contribution in [0, 0.1) is 0 Å². The second-order valence-corrected chi connectivity index (χ2v) is 8.72. The molecule has 2 amide bonds. The van der Waals surface area contributed by atoms with Crippen molar-refractivity contribution in [3.05, 3.63) is 70.7 Å². The number of benzene rings is 2. The Bertz CT molecular complexity index is 1120. The fourth-order valence-corrected chi connectivity index (χ4v) is 4.80. The number of sulfonamides is 1. The van der Waals surface area contributed by atoms with E-state index in [4.69, 9.17) is 0 Å². The molecule has 2 heterocycles. The van der Waals surface area contributed by atoms with Crippen LogP contribution in [0.25, 0.3) is 0 Å². The van der Waals surface area contributed by atoms with Crippen molar-refractivity contribution in [2.75, 3.05) is 11.3 Å². The van der Waals surface area contributed by atoms with Crippen molar-refractivity contribution < 1.29 is 18.0 Å². The summed E-state index contributed by atoms with van der Waals surface area (Å²) < 4.78 is 27.0. The van der Waals surface area contributed by atoms with Gasteiger partial charge in [-0.2, -0.15) is 0 Å². The number of nitrogens with zero attached hydrogens (tertiary/aromatic N) is 3. The molecule has 3 aromatic rings. The molecule has 8 nitrogen and oxygen atoms in total. The molecule has 0 fully saturated rings. The molecule has 0 saturated heterocycles. The highest BCUT2D eigenvalue weighted by molar-refractivity contribution is 7.93. The number of amides is 2. The zero-order chi connectivity index (χ0) is 19.7. The maximum atomic E-state index is 12.4. The molecule has 2 aromatic carbocycles. The molecule has 0 aliphatic carbocycles. The number of hydrogen-bond donors (Lipinski definition) is 1. The van der Waals surface area contributed by atoms with E-state index in [9.17, 15) is 18.0 Å². The molecule has 0 unspecified atom stereocenters. The van der Waals surface area contributed by atoms with Crippen LogP contribution in [0.1, 0.15) is 25.7 Å². The first-order chi connectivity index (χ1) is 13.5. The second kappa shape index (κ2) is 7.13. The van der Waals surface area contributed by atoms with E-state index in [1.54, 1.807) is 42.5 Å². The zero-order valence-electron chi connectivity index (χ0n) is 14.4. The molecular formula is C18H14N4O4S2. The standard InChI is InChI=1S/C18H14N4O4S2/c23-16-13-8-4-5-9-14(13)17(24)22(16)11-10-15-19-20-18(27-15)21-28(25,26)12-6-2-1-3-7-12/h1-9H,10-11H2,(H,20,21). The summed E-state index contributed by atoms with van der Waals surface area (Å²) in [5, 5.41) is 8.43. The summed E-state index contributed by atoms with van der Waals surface area (Å²) in [5.74, 6) is -0.676. The summed E-state index contributed by atoms with van der Waals surface area (Å²) in [6, 6.07) is 14.6. The van der Waals surface area contributed by atoms with Crippen LogP contribution in [0.3, 0.4) is 0 Å². The van der Waals surface area contributed by atoms with Crippen LogP contribution in [0.4, 0.5) is 5.13 Å². The predicted octanol–water partition coefficient (Wildman–Crippen LogP) is 2.18. The quantitative estimate of drug-likeness (QED) is 0.619. The second-order valence-electron chi connectivity index (χ2n) is 5.98. The number of aromatic nitrogens is 2. The van der Waals surface area contributed by atoms with Crippen LogP contribution in [0.5, 0.6) is 0 Å². The van der Waals surface area contributed by atoms with Crippen LogP contribution in [0.2, 0.25) is 0 Å². The van der Waals surface area contributed by atoms with Gasteiger partial charge in [0, 0.05) is 13.0 Å². The van der Waals surface area contributed by atoms with Gasteiger partial charge in [0.25, 0.3) is 21.8 Å². The molecule has 0 spiro atoms. The summed E-state index contributed by atoms with van der Waals surface area (Å²) in [4.78, 5) is 26.0. The summed E-state index contributed by atoms with van der Waals surface area (Å²) in [7, 11) is -3.75. The lowest BCUT2D eigenvalue weighted by Gasteiger charge is -2.12. The predicted molar refractivity (Wildman–Crippen MR) is 103 cm³/mol. The average Bonchev–Trinajstić information content (AvgIpc) is 3.24. The molecule has 1 N–H and O–H groups in total. The molecule has 10 heteroatoms. The lowest BCUT2D eigenvalue weighted by molar-refractivity contribution is 0.0656. The molecule has 4 rings (SSSR count). The fraction of sp³-hybridized carbons (Fsp3) is 0.111.